The maximum atomic E-state index is 12.9. The van der Waals surface area contributed by atoms with Crippen LogP contribution in [-0.4, -0.2) is 58.3 Å². The number of amides is 2. The Balaban J connectivity index is 1.70. The first-order chi connectivity index (χ1) is 15.4. The molecule has 0 radical (unpaired) electrons. The summed E-state index contributed by atoms with van der Waals surface area (Å²) >= 11 is 6.23. The number of benzene rings is 1. The topological polar surface area (TPSA) is 89.3 Å². The number of nitrogens with one attached hydrogen (secondary N) is 1. The monoisotopic (exact) mass is 461 g/mol. The molecule has 0 saturated carbocycles. The molecule has 2 heterocycles. The molecule has 2 amide bonds. The van der Waals surface area contributed by atoms with Crippen molar-refractivity contribution >= 4 is 23.4 Å². The highest BCUT2D eigenvalue weighted by molar-refractivity contribution is 6.31. The summed E-state index contributed by atoms with van der Waals surface area (Å²) in [6, 6.07) is 7.20. The Labute approximate surface area is 194 Å². The molecule has 0 aliphatic carbocycles. The Hall–Kier alpha value is -2.45. The maximum Gasteiger partial charge on any atom is 0.227 e. The molecule has 0 unspecified atom stereocenters. The van der Waals surface area contributed by atoms with Crippen molar-refractivity contribution in [3.8, 4) is 0 Å². The minimum atomic E-state index is -0.231. The summed E-state index contributed by atoms with van der Waals surface area (Å²) in [5, 5.41) is 12.5. The van der Waals surface area contributed by atoms with E-state index in [0.29, 0.717) is 50.0 Å². The fourth-order valence-electron chi connectivity index (χ4n) is 3.93. The molecule has 1 N–H and O–H groups in total. The number of fused-ring (bicyclic) bond motifs is 1. The molecule has 1 aromatic heterocycles. The molecule has 0 saturated heterocycles. The van der Waals surface area contributed by atoms with Crippen LogP contribution in [0.15, 0.2) is 24.3 Å². The van der Waals surface area contributed by atoms with Crippen LogP contribution in [0.2, 0.25) is 5.02 Å². The summed E-state index contributed by atoms with van der Waals surface area (Å²) in [7, 11) is 1.58. The van der Waals surface area contributed by atoms with E-state index >= 15 is 0 Å². The van der Waals surface area contributed by atoms with Crippen molar-refractivity contribution in [3.05, 3.63) is 46.5 Å². The van der Waals surface area contributed by atoms with Gasteiger partial charge in [-0.05, 0) is 24.0 Å². The van der Waals surface area contributed by atoms with Gasteiger partial charge >= 0.3 is 0 Å². The van der Waals surface area contributed by atoms with E-state index in [9.17, 15) is 9.59 Å². The lowest BCUT2D eigenvalue weighted by atomic mass is 10.0. The third-order valence-corrected chi connectivity index (χ3v) is 5.96. The van der Waals surface area contributed by atoms with Crippen molar-refractivity contribution in [3.63, 3.8) is 0 Å². The Morgan fingerprint density at radius 3 is 2.69 bits per heavy atom. The van der Waals surface area contributed by atoms with Gasteiger partial charge in [-0.15, -0.1) is 10.2 Å². The zero-order valence-corrected chi connectivity index (χ0v) is 19.8. The second-order valence-electron chi connectivity index (χ2n) is 8.52. The van der Waals surface area contributed by atoms with Crippen LogP contribution >= 0.6 is 11.6 Å². The molecule has 1 aliphatic heterocycles. The fourth-order valence-corrected chi connectivity index (χ4v) is 4.13. The van der Waals surface area contributed by atoms with E-state index < -0.39 is 0 Å². The smallest absolute Gasteiger partial charge is 0.227 e. The first-order valence-corrected chi connectivity index (χ1v) is 11.5. The number of carbonyl (C=O) groups excluding carboxylic acids is 2. The van der Waals surface area contributed by atoms with Crippen LogP contribution in [0, 0.1) is 5.92 Å². The quantitative estimate of drug-likeness (QED) is 0.620. The van der Waals surface area contributed by atoms with E-state index in [4.69, 9.17) is 16.3 Å². The van der Waals surface area contributed by atoms with Gasteiger partial charge in [-0.1, -0.05) is 43.6 Å². The van der Waals surface area contributed by atoms with Crippen LogP contribution in [0.5, 0.6) is 0 Å². The van der Waals surface area contributed by atoms with Crippen molar-refractivity contribution in [2.24, 2.45) is 5.92 Å². The number of aromatic nitrogens is 3. The predicted octanol–water partition coefficient (Wildman–Crippen LogP) is 2.80. The zero-order valence-electron chi connectivity index (χ0n) is 19.0. The van der Waals surface area contributed by atoms with E-state index in [-0.39, 0.29) is 24.3 Å². The summed E-state index contributed by atoms with van der Waals surface area (Å²) in [6.07, 6.45) is 1.95. The average Bonchev–Trinajstić information content (AvgIpc) is 3.04. The Kier molecular flexibility index (Phi) is 8.64. The molecule has 9 heteroatoms. The van der Waals surface area contributed by atoms with Crippen molar-refractivity contribution in [2.45, 2.75) is 52.1 Å². The molecule has 0 spiro atoms. The summed E-state index contributed by atoms with van der Waals surface area (Å²) in [5.74, 6) is 1.94. The highest BCUT2D eigenvalue weighted by Crippen LogP contribution is 2.23. The van der Waals surface area contributed by atoms with E-state index in [1.807, 2.05) is 23.1 Å². The van der Waals surface area contributed by atoms with Gasteiger partial charge in [-0.25, -0.2) is 0 Å². The third-order valence-electron chi connectivity index (χ3n) is 5.59. The van der Waals surface area contributed by atoms with Gasteiger partial charge < -0.3 is 19.5 Å². The summed E-state index contributed by atoms with van der Waals surface area (Å²) in [6.45, 7) is 6.34. The fraction of sp³-hybridized carbons (Fsp3) is 0.565. The van der Waals surface area contributed by atoms with Crippen molar-refractivity contribution in [1.82, 2.24) is 25.0 Å². The zero-order chi connectivity index (χ0) is 23.1. The van der Waals surface area contributed by atoms with Crippen LogP contribution < -0.4 is 5.32 Å². The second-order valence-corrected chi connectivity index (χ2v) is 8.92. The summed E-state index contributed by atoms with van der Waals surface area (Å²) in [4.78, 5) is 27.1. The van der Waals surface area contributed by atoms with Gasteiger partial charge in [-0.3, -0.25) is 9.59 Å². The largest absolute Gasteiger partial charge is 0.384 e. The number of carbonyl (C=O) groups is 2. The molecule has 8 nitrogen and oxygen atoms in total. The van der Waals surface area contributed by atoms with Crippen molar-refractivity contribution < 1.29 is 14.3 Å². The minimum absolute atomic E-state index is 0.0463. The van der Waals surface area contributed by atoms with E-state index in [0.717, 1.165) is 23.6 Å². The molecule has 32 heavy (non-hydrogen) atoms. The minimum Gasteiger partial charge on any atom is -0.384 e. The number of rotatable bonds is 9. The first-order valence-electron chi connectivity index (χ1n) is 11.1. The highest BCUT2D eigenvalue weighted by atomic mass is 35.5. The van der Waals surface area contributed by atoms with Crippen molar-refractivity contribution in [1.29, 1.82) is 0 Å². The van der Waals surface area contributed by atoms with Crippen LogP contribution in [0.25, 0.3) is 0 Å². The number of hydrogen-bond acceptors (Lipinski definition) is 5. The second kappa shape index (κ2) is 11.4. The third kappa shape index (κ3) is 6.29. The van der Waals surface area contributed by atoms with E-state index in [1.165, 1.54) is 0 Å². The normalized spacial score (nSPS) is 14.7. The number of methoxy groups -OCH3 is 1. The molecular formula is C23H32ClN5O3. The average molecular weight is 462 g/mol. The predicted molar refractivity (Wildman–Crippen MR) is 122 cm³/mol. The number of halogens is 1. The van der Waals surface area contributed by atoms with Crippen LogP contribution in [-0.2, 0) is 33.7 Å². The Morgan fingerprint density at radius 2 is 1.97 bits per heavy atom. The SMILES string of the molecule is COCCC(=O)N[C@@H](CC(C)C)c1nnc2n1CCN(C(=O)Cc1ccccc1Cl)CC2. The molecule has 3 rings (SSSR count). The van der Waals surface area contributed by atoms with E-state index in [1.54, 1.807) is 13.2 Å². The molecule has 1 aliphatic rings. The number of nitrogens with zero attached hydrogens (tertiary/aromatic N) is 4. The van der Waals surface area contributed by atoms with Gasteiger partial charge in [0.05, 0.1) is 19.1 Å². The van der Waals surface area contributed by atoms with Gasteiger partial charge in [0.15, 0.2) is 5.82 Å². The Morgan fingerprint density at radius 1 is 1.19 bits per heavy atom. The lowest BCUT2D eigenvalue weighted by molar-refractivity contribution is -0.130. The van der Waals surface area contributed by atoms with Crippen LogP contribution in [0.1, 0.15) is 49.9 Å². The number of hydrogen-bond donors (Lipinski definition) is 1. The van der Waals surface area contributed by atoms with Gasteiger partial charge in [-0.2, -0.15) is 0 Å². The molecule has 1 atom stereocenters. The Bertz CT molecular complexity index is 930. The molecular weight excluding hydrogens is 430 g/mol. The van der Waals surface area contributed by atoms with Gasteiger partial charge in [0.2, 0.25) is 11.8 Å². The van der Waals surface area contributed by atoms with E-state index in [2.05, 4.69) is 33.9 Å². The highest BCUT2D eigenvalue weighted by Gasteiger charge is 2.27. The summed E-state index contributed by atoms with van der Waals surface area (Å²) in [5.41, 5.74) is 0.833. The molecule has 1 aromatic carbocycles. The van der Waals surface area contributed by atoms with Gasteiger partial charge in [0.25, 0.3) is 0 Å². The standard InChI is InChI=1S/C23H32ClN5O3/c1-16(2)14-19(25-21(30)9-13-32-3)23-27-26-20-8-10-28(11-12-29(20)23)22(31)15-17-6-4-5-7-18(17)24/h4-7,16,19H,8-15H2,1-3H3,(H,25,30)/t19-/m0/s1. The lowest BCUT2D eigenvalue weighted by Crippen LogP contribution is -2.35. The van der Waals surface area contributed by atoms with Crippen LogP contribution in [0.3, 0.4) is 0 Å². The lowest BCUT2D eigenvalue weighted by Gasteiger charge is -2.22. The molecule has 2 aromatic rings. The van der Waals surface area contributed by atoms with Crippen LogP contribution in [0.4, 0.5) is 0 Å². The first kappa shape index (κ1) is 24.2. The van der Waals surface area contributed by atoms with Gasteiger partial charge in [0.1, 0.15) is 5.82 Å². The van der Waals surface area contributed by atoms with Crippen molar-refractivity contribution in [2.75, 3.05) is 26.8 Å². The number of ether oxygens (including phenoxy) is 1. The molecule has 174 valence electrons. The molecule has 0 bridgehead atoms. The van der Waals surface area contributed by atoms with Gasteiger partial charge in [0, 0.05) is 44.6 Å². The molecule has 0 fully saturated rings. The maximum absolute atomic E-state index is 12.9. The summed E-state index contributed by atoms with van der Waals surface area (Å²) < 4.78 is 7.08.